The summed E-state index contributed by atoms with van der Waals surface area (Å²) in [6.07, 6.45) is 6.33. The van der Waals surface area contributed by atoms with Gasteiger partial charge in [-0.2, -0.15) is 0 Å². The number of nitrogens with zero attached hydrogens (tertiary/aromatic N) is 4. The van der Waals surface area contributed by atoms with Gasteiger partial charge in [-0.3, -0.25) is 14.5 Å². The van der Waals surface area contributed by atoms with Gasteiger partial charge in [0.1, 0.15) is 12.7 Å². The second-order valence-electron chi connectivity index (χ2n) is 8.55. The van der Waals surface area contributed by atoms with E-state index in [0.29, 0.717) is 5.88 Å². The Morgan fingerprint density at radius 2 is 1.60 bits per heavy atom. The van der Waals surface area contributed by atoms with Crippen LogP contribution in [0.15, 0.2) is 30.6 Å². The lowest BCUT2D eigenvalue weighted by atomic mass is 10.1. The minimum absolute atomic E-state index is 0.0214. The van der Waals surface area contributed by atoms with E-state index >= 15 is 0 Å². The second-order valence-corrected chi connectivity index (χ2v) is 8.55. The zero-order valence-electron chi connectivity index (χ0n) is 20.3. The summed E-state index contributed by atoms with van der Waals surface area (Å²) >= 11 is 0. The van der Waals surface area contributed by atoms with E-state index in [9.17, 15) is 9.59 Å². The highest BCUT2D eigenvalue weighted by Crippen LogP contribution is 2.28. The first-order valence-electron chi connectivity index (χ1n) is 11.9. The molecule has 2 amide bonds. The Morgan fingerprint density at radius 1 is 0.914 bits per heavy atom. The molecule has 0 unspecified atom stereocenters. The number of hydrogen-bond donors (Lipinski definition) is 0. The van der Waals surface area contributed by atoms with Crippen LogP contribution in [0.25, 0.3) is 0 Å². The van der Waals surface area contributed by atoms with Crippen LogP contribution in [0, 0.1) is 0 Å². The molecule has 0 N–H and O–H groups in total. The van der Waals surface area contributed by atoms with Crippen molar-refractivity contribution in [3.8, 4) is 23.3 Å². The molecular weight excluding hydrogens is 452 g/mol. The first-order valence-corrected chi connectivity index (χ1v) is 11.9. The SMILES string of the molecule is COc1ccc(CCN2CCC(Oc3nccnc3OCCN3C(=O)CCC3=O)CC2)cc1OC. The summed E-state index contributed by atoms with van der Waals surface area (Å²) in [5.74, 6) is 1.79. The Balaban J connectivity index is 1.22. The van der Waals surface area contributed by atoms with Gasteiger partial charge in [-0.1, -0.05) is 6.07 Å². The van der Waals surface area contributed by atoms with Crippen LogP contribution >= 0.6 is 0 Å². The van der Waals surface area contributed by atoms with Crippen LogP contribution in [0.4, 0.5) is 0 Å². The summed E-state index contributed by atoms with van der Waals surface area (Å²) in [4.78, 5) is 35.7. The molecule has 35 heavy (non-hydrogen) atoms. The molecule has 10 nitrogen and oxygen atoms in total. The van der Waals surface area contributed by atoms with E-state index in [2.05, 4.69) is 20.9 Å². The topological polar surface area (TPSA) is 103 Å². The zero-order chi connectivity index (χ0) is 24.6. The summed E-state index contributed by atoms with van der Waals surface area (Å²) in [5, 5.41) is 0. The van der Waals surface area contributed by atoms with Crippen molar-refractivity contribution in [2.45, 2.75) is 38.2 Å². The summed E-state index contributed by atoms with van der Waals surface area (Å²) in [6.45, 7) is 3.16. The Labute approximate surface area is 205 Å². The van der Waals surface area contributed by atoms with Gasteiger partial charge in [-0.05, 0) is 37.0 Å². The number of aromatic nitrogens is 2. The third kappa shape index (κ3) is 6.39. The van der Waals surface area contributed by atoms with Crippen molar-refractivity contribution in [3.05, 3.63) is 36.2 Å². The van der Waals surface area contributed by atoms with E-state index in [1.54, 1.807) is 20.4 Å². The lowest BCUT2D eigenvalue weighted by molar-refractivity contribution is -0.138. The molecule has 2 aliphatic heterocycles. The largest absolute Gasteiger partial charge is 0.493 e. The maximum atomic E-state index is 11.7. The van der Waals surface area contributed by atoms with E-state index in [1.807, 2.05) is 12.1 Å². The molecule has 0 aliphatic carbocycles. The van der Waals surface area contributed by atoms with E-state index in [1.165, 1.54) is 16.7 Å². The number of hydrogen-bond acceptors (Lipinski definition) is 9. The molecule has 0 spiro atoms. The number of likely N-dealkylation sites (tertiary alicyclic amines) is 2. The summed E-state index contributed by atoms with van der Waals surface area (Å²) < 4.78 is 22.5. The molecule has 1 aromatic carbocycles. The highest BCUT2D eigenvalue weighted by atomic mass is 16.5. The van der Waals surface area contributed by atoms with Gasteiger partial charge in [0.2, 0.25) is 11.8 Å². The number of ether oxygens (including phenoxy) is 4. The molecule has 0 bridgehead atoms. The molecule has 0 radical (unpaired) electrons. The van der Waals surface area contributed by atoms with Gasteiger partial charge in [-0.15, -0.1) is 0 Å². The Morgan fingerprint density at radius 3 is 2.29 bits per heavy atom. The fourth-order valence-corrected chi connectivity index (χ4v) is 4.33. The predicted molar refractivity (Wildman–Crippen MR) is 127 cm³/mol. The molecular formula is C25H32N4O6. The molecule has 0 saturated carbocycles. The maximum absolute atomic E-state index is 11.7. The smallest absolute Gasteiger partial charge is 0.278 e. The fraction of sp³-hybridized carbons (Fsp3) is 0.520. The van der Waals surface area contributed by atoms with E-state index < -0.39 is 0 Å². The van der Waals surface area contributed by atoms with Gasteiger partial charge >= 0.3 is 0 Å². The first-order chi connectivity index (χ1) is 17.1. The van der Waals surface area contributed by atoms with Crippen molar-refractivity contribution in [3.63, 3.8) is 0 Å². The normalized spacial score (nSPS) is 17.0. The van der Waals surface area contributed by atoms with Crippen LogP contribution in [-0.4, -0.2) is 84.7 Å². The van der Waals surface area contributed by atoms with Crippen LogP contribution in [0.1, 0.15) is 31.2 Å². The minimum Gasteiger partial charge on any atom is -0.493 e. The second kappa shape index (κ2) is 11.8. The van der Waals surface area contributed by atoms with E-state index in [4.69, 9.17) is 18.9 Å². The highest BCUT2D eigenvalue weighted by Gasteiger charge is 2.29. The van der Waals surface area contributed by atoms with Crippen molar-refractivity contribution in [1.82, 2.24) is 19.8 Å². The molecule has 1 aromatic heterocycles. The van der Waals surface area contributed by atoms with Crippen molar-refractivity contribution < 1.29 is 28.5 Å². The Kier molecular flexibility index (Phi) is 8.36. The minimum atomic E-state index is -0.160. The number of carbonyl (C=O) groups excluding carboxylic acids is 2. The number of amides is 2. The predicted octanol–water partition coefficient (Wildman–Crippen LogP) is 2.11. The summed E-state index contributed by atoms with van der Waals surface area (Å²) in [5.41, 5.74) is 1.21. The third-order valence-electron chi connectivity index (χ3n) is 6.32. The average molecular weight is 485 g/mol. The fourth-order valence-electron chi connectivity index (χ4n) is 4.33. The third-order valence-corrected chi connectivity index (χ3v) is 6.32. The molecule has 0 atom stereocenters. The van der Waals surface area contributed by atoms with Gasteiger partial charge in [0.15, 0.2) is 11.5 Å². The molecule has 188 valence electrons. The van der Waals surface area contributed by atoms with Crippen molar-refractivity contribution >= 4 is 11.8 Å². The average Bonchev–Trinajstić information content (AvgIpc) is 3.21. The zero-order valence-corrected chi connectivity index (χ0v) is 20.3. The molecule has 2 saturated heterocycles. The Bertz CT molecular complexity index is 1010. The van der Waals surface area contributed by atoms with Gasteiger partial charge in [0.05, 0.1) is 20.8 Å². The maximum Gasteiger partial charge on any atom is 0.278 e. The molecule has 3 heterocycles. The lowest BCUT2D eigenvalue weighted by Gasteiger charge is -2.32. The lowest BCUT2D eigenvalue weighted by Crippen LogP contribution is -2.39. The van der Waals surface area contributed by atoms with Gasteiger partial charge < -0.3 is 23.8 Å². The Hall–Kier alpha value is -3.40. The molecule has 2 aliphatic rings. The van der Waals surface area contributed by atoms with Gasteiger partial charge in [0, 0.05) is 44.9 Å². The first kappa shape index (κ1) is 24.7. The van der Waals surface area contributed by atoms with Gasteiger partial charge in [-0.25, -0.2) is 9.97 Å². The quantitative estimate of drug-likeness (QED) is 0.444. The molecule has 2 fully saturated rings. The highest BCUT2D eigenvalue weighted by molar-refractivity contribution is 6.01. The molecule has 10 heteroatoms. The van der Waals surface area contributed by atoms with E-state index in [0.717, 1.165) is 50.4 Å². The van der Waals surface area contributed by atoms with Crippen LogP contribution in [0.5, 0.6) is 23.3 Å². The monoisotopic (exact) mass is 484 g/mol. The number of piperidine rings is 1. The summed E-state index contributed by atoms with van der Waals surface area (Å²) in [6, 6.07) is 6.04. The van der Waals surface area contributed by atoms with Crippen LogP contribution in [0.3, 0.4) is 0 Å². The van der Waals surface area contributed by atoms with Crippen LogP contribution in [-0.2, 0) is 16.0 Å². The number of rotatable bonds is 11. The van der Waals surface area contributed by atoms with Gasteiger partial charge in [0.25, 0.3) is 11.8 Å². The van der Waals surface area contributed by atoms with Crippen LogP contribution < -0.4 is 18.9 Å². The van der Waals surface area contributed by atoms with Crippen molar-refractivity contribution in [1.29, 1.82) is 0 Å². The van der Waals surface area contributed by atoms with Crippen molar-refractivity contribution in [2.75, 3.05) is 47.0 Å². The number of methoxy groups -OCH3 is 2. The standard InChI is InChI=1S/C25H32N4O6/c1-32-20-4-3-18(17-21(20)33-2)7-12-28-13-8-19(9-14-28)35-25-24(26-10-11-27-25)34-16-15-29-22(30)5-6-23(29)31/h3-4,10-11,17,19H,5-9,12-16H2,1-2H3. The summed E-state index contributed by atoms with van der Waals surface area (Å²) in [7, 11) is 3.29. The van der Waals surface area contributed by atoms with Crippen molar-refractivity contribution in [2.24, 2.45) is 0 Å². The number of imide groups is 1. The number of carbonyl (C=O) groups is 2. The molecule has 2 aromatic rings. The molecule has 4 rings (SSSR count). The van der Waals surface area contributed by atoms with Crippen LogP contribution in [0.2, 0.25) is 0 Å². The number of benzene rings is 1. The van der Waals surface area contributed by atoms with E-state index in [-0.39, 0.29) is 49.8 Å².